The fourth-order valence-electron chi connectivity index (χ4n) is 3.92. The maximum absolute atomic E-state index is 14.5. The molecule has 2 N–H and O–H groups in total. The molecule has 1 atom stereocenters. The molecule has 0 bridgehead atoms. The Morgan fingerprint density at radius 3 is 2.67 bits per heavy atom. The van der Waals surface area contributed by atoms with Crippen molar-refractivity contribution in [2.24, 2.45) is 12.8 Å². The number of imidazole rings is 1. The molecule has 0 aliphatic carbocycles. The normalized spacial score (nSPS) is 12.9. The summed E-state index contributed by atoms with van der Waals surface area (Å²) < 4.78 is 37.0. The van der Waals surface area contributed by atoms with Crippen molar-refractivity contribution < 1.29 is 18.3 Å². The molecule has 3 aromatic heterocycles. The molecule has 7 nitrogen and oxygen atoms in total. The highest BCUT2D eigenvalue weighted by Gasteiger charge is 2.29. The SMILES string of the molecule is C=CC(F)(F)Cn1c(-c2nc3cc(C(=O)OC)c(C)cc3n2C)cc2ccc(C(C)N)nc21. The molecule has 0 aliphatic heterocycles. The number of ether oxygens (including phenoxy) is 1. The third kappa shape index (κ3) is 3.89. The number of nitrogens with zero attached hydrogens (tertiary/aromatic N) is 4. The van der Waals surface area contributed by atoms with Gasteiger partial charge in [-0.3, -0.25) is 0 Å². The van der Waals surface area contributed by atoms with Gasteiger partial charge in [-0.1, -0.05) is 6.58 Å². The molecule has 4 rings (SSSR count). The van der Waals surface area contributed by atoms with Crippen LogP contribution in [0.2, 0.25) is 0 Å². The van der Waals surface area contributed by atoms with Crippen molar-refractivity contribution in [3.63, 3.8) is 0 Å². The Kier molecular flexibility index (Phi) is 5.53. The van der Waals surface area contributed by atoms with E-state index in [9.17, 15) is 13.6 Å². The van der Waals surface area contributed by atoms with Gasteiger partial charge in [0.15, 0.2) is 5.82 Å². The standard InChI is InChI=1S/C24H25F2N5O2/c1-6-24(25,26)12-31-20(10-15-7-8-17(14(3)27)28-21(15)31)22-29-18-11-16(23(32)33-5)13(2)9-19(18)30(22)4/h6-11,14H,1,12,27H2,2-5H3. The van der Waals surface area contributed by atoms with Crippen molar-refractivity contribution >= 4 is 28.0 Å². The molecule has 1 unspecified atom stereocenters. The second-order valence-corrected chi connectivity index (χ2v) is 8.16. The van der Waals surface area contributed by atoms with Gasteiger partial charge in [0, 0.05) is 18.5 Å². The van der Waals surface area contributed by atoms with E-state index >= 15 is 0 Å². The van der Waals surface area contributed by atoms with Gasteiger partial charge in [0.2, 0.25) is 0 Å². The monoisotopic (exact) mass is 453 g/mol. The summed E-state index contributed by atoms with van der Waals surface area (Å²) in [6.45, 7) is 6.21. The number of carbonyl (C=O) groups is 1. The summed E-state index contributed by atoms with van der Waals surface area (Å²) in [4.78, 5) is 21.4. The van der Waals surface area contributed by atoms with Gasteiger partial charge in [-0.15, -0.1) is 0 Å². The van der Waals surface area contributed by atoms with Crippen LogP contribution in [0.5, 0.6) is 0 Å². The first kappa shape index (κ1) is 22.6. The Hall–Kier alpha value is -3.59. The van der Waals surface area contributed by atoms with Crippen LogP contribution in [0.4, 0.5) is 8.78 Å². The minimum absolute atomic E-state index is 0.350. The van der Waals surface area contributed by atoms with Crippen molar-refractivity contribution in [2.45, 2.75) is 32.4 Å². The van der Waals surface area contributed by atoms with Gasteiger partial charge in [-0.05, 0) is 55.8 Å². The van der Waals surface area contributed by atoms with E-state index in [4.69, 9.17) is 10.5 Å². The molecule has 1 aromatic carbocycles. The van der Waals surface area contributed by atoms with Crippen molar-refractivity contribution in [3.8, 4) is 11.5 Å². The average Bonchev–Trinajstić information content (AvgIpc) is 3.29. The topological polar surface area (TPSA) is 88.0 Å². The highest BCUT2D eigenvalue weighted by molar-refractivity contribution is 5.96. The summed E-state index contributed by atoms with van der Waals surface area (Å²) in [7, 11) is 3.12. The second kappa shape index (κ2) is 8.08. The van der Waals surface area contributed by atoms with E-state index in [0.29, 0.717) is 45.4 Å². The molecule has 0 saturated heterocycles. The number of aryl methyl sites for hydroxylation is 2. The number of allylic oxidation sites excluding steroid dienone is 1. The highest BCUT2D eigenvalue weighted by atomic mass is 19.3. The molecular formula is C24H25F2N5O2. The van der Waals surface area contributed by atoms with Crippen LogP contribution in [0.3, 0.4) is 0 Å². The van der Waals surface area contributed by atoms with Crippen LogP contribution in [0.15, 0.2) is 43.0 Å². The molecule has 0 aliphatic rings. The molecule has 0 fully saturated rings. The van der Waals surface area contributed by atoms with Gasteiger partial charge in [0.25, 0.3) is 5.92 Å². The molecule has 33 heavy (non-hydrogen) atoms. The number of esters is 1. The quantitative estimate of drug-likeness (QED) is 0.342. The third-order valence-electron chi connectivity index (χ3n) is 5.76. The van der Waals surface area contributed by atoms with E-state index in [2.05, 4.69) is 16.5 Å². The molecule has 9 heteroatoms. The molecule has 0 spiro atoms. The Labute approximate surface area is 189 Å². The van der Waals surface area contributed by atoms with Crippen LogP contribution in [0, 0.1) is 6.92 Å². The van der Waals surface area contributed by atoms with Gasteiger partial charge in [-0.2, -0.15) is 0 Å². The number of hydrogen-bond donors (Lipinski definition) is 1. The van der Waals surface area contributed by atoms with Crippen LogP contribution in [0.1, 0.15) is 34.6 Å². The summed E-state index contributed by atoms with van der Waals surface area (Å²) >= 11 is 0. The summed E-state index contributed by atoms with van der Waals surface area (Å²) in [6.07, 6.45) is 0.624. The zero-order chi connectivity index (χ0) is 24.1. The summed E-state index contributed by atoms with van der Waals surface area (Å²) in [5.74, 6) is -3.16. The predicted molar refractivity (Wildman–Crippen MR) is 123 cm³/mol. The van der Waals surface area contributed by atoms with Gasteiger partial charge >= 0.3 is 5.97 Å². The van der Waals surface area contributed by atoms with Crippen LogP contribution in [0.25, 0.3) is 33.6 Å². The maximum atomic E-state index is 14.5. The first-order valence-electron chi connectivity index (χ1n) is 10.4. The Balaban J connectivity index is 1.99. The number of rotatable bonds is 6. The van der Waals surface area contributed by atoms with Crippen LogP contribution < -0.4 is 5.73 Å². The molecule has 172 valence electrons. The number of alkyl halides is 2. The first-order valence-corrected chi connectivity index (χ1v) is 10.4. The largest absolute Gasteiger partial charge is 0.465 e. The lowest BCUT2D eigenvalue weighted by Crippen LogP contribution is -2.22. The van der Waals surface area contributed by atoms with Gasteiger partial charge in [-0.25, -0.2) is 23.5 Å². The van der Waals surface area contributed by atoms with Crippen LogP contribution >= 0.6 is 0 Å². The number of fused-ring (bicyclic) bond motifs is 2. The number of nitrogens with two attached hydrogens (primary N) is 1. The number of carbonyl (C=O) groups excluding carboxylic acids is 1. The number of methoxy groups -OCH3 is 1. The number of hydrogen-bond acceptors (Lipinski definition) is 5. The summed E-state index contributed by atoms with van der Waals surface area (Å²) in [5.41, 5.74) is 9.86. The lowest BCUT2D eigenvalue weighted by atomic mass is 10.1. The number of aromatic nitrogens is 4. The molecule has 0 saturated carbocycles. The van der Waals surface area contributed by atoms with Crippen molar-refractivity contribution in [1.82, 2.24) is 19.1 Å². The molecular weight excluding hydrogens is 428 g/mol. The fraction of sp³-hybridized carbons (Fsp3) is 0.292. The highest BCUT2D eigenvalue weighted by Crippen LogP contribution is 2.33. The van der Waals surface area contributed by atoms with Gasteiger partial charge in [0.05, 0.1) is 41.6 Å². The number of pyridine rings is 1. The molecule has 4 aromatic rings. The zero-order valence-corrected chi connectivity index (χ0v) is 18.9. The van der Waals surface area contributed by atoms with Crippen molar-refractivity contribution in [3.05, 3.63) is 59.8 Å². The van der Waals surface area contributed by atoms with E-state index < -0.39 is 18.4 Å². The molecule has 0 radical (unpaired) electrons. The van der Waals surface area contributed by atoms with E-state index in [-0.39, 0.29) is 6.04 Å². The Bertz CT molecular complexity index is 1400. The Morgan fingerprint density at radius 1 is 1.30 bits per heavy atom. The summed E-state index contributed by atoms with van der Waals surface area (Å²) in [5, 5.41) is 0.688. The van der Waals surface area contributed by atoms with Gasteiger partial charge < -0.3 is 19.6 Å². The number of benzene rings is 1. The minimum atomic E-state index is -3.16. The van der Waals surface area contributed by atoms with Crippen molar-refractivity contribution in [1.29, 1.82) is 0 Å². The van der Waals surface area contributed by atoms with E-state index in [1.54, 1.807) is 39.1 Å². The second-order valence-electron chi connectivity index (χ2n) is 8.16. The van der Waals surface area contributed by atoms with Gasteiger partial charge in [0.1, 0.15) is 5.65 Å². The zero-order valence-electron chi connectivity index (χ0n) is 18.9. The lowest BCUT2D eigenvalue weighted by molar-refractivity contribution is 0.0379. The smallest absolute Gasteiger partial charge is 0.338 e. The van der Waals surface area contributed by atoms with E-state index in [1.807, 2.05) is 16.7 Å². The van der Waals surface area contributed by atoms with Crippen LogP contribution in [-0.2, 0) is 18.3 Å². The first-order chi connectivity index (χ1) is 15.6. The predicted octanol–water partition coefficient (Wildman–Crippen LogP) is 4.53. The van der Waals surface area contributed by atoms with Crippen LogP contribution in [-0.4, -0.2) is 38.1 Å². The minimum Gasteiger partial charge on any atom is -0.465 e. The lowest BCUT2D eigenvalue weighted by Gasteiger charge is -2.16. The maximum Gasteiger partial charge on any atom is 0.338 e. The van der Waals surface area contributed by atoms with E-state index in [1.165, 1.54) is 11.7 Å². The fourth-order valence-corrected chi connectivity index (χ4v) is 3.92. The average molecular weight is 453 g/mol. The molecule has 3 heterocycles. The third-order valence-corrected chi connectivity index (χ3v) is 5.76. The number of halogens is 2. The summed E-state index contributed by atoms with van der Waals surface area (Å²) in [6, 6.07) is 8.51. The van der Waals surface area contributed by atoms with E-state index in [0.717, 1.165) is 11.1 Å². The Morgan fingerprint density at radius 2 is 2.03 bits per heavy atom. The van der Waals surface area contributed by atoms with Crippen molar-refractivity contribution in [2.75, 3.05) is 7.11 Å². The molecule has 0 amide bonds.